The van der Waals surface area contributed by atoms with Crippen molar-refractivity contribution in [2.75, 3.05) is 5.73 Å². The van der Waals surface area contributed by atoms with Crippen molar-refractivity contribution in [2.24, 2.45) is 0 Å². The zero-order valence-corrected chi connectivity index (χ0v) is 12.4. The van der Waals surface area contributed by atoms with E-state index >= 15 is 0 Å². The molecule has 0 spiro atoms. The molecule has 3 aromatic rings. The van der Waals surface area contributed by atoms with Gasteiger partial charge in [0.15, 0.2) is 0 Å². The SMILES string of the molecule is Cc1cccc(-c2nc(-c3ccccc3N)no2)c1Br. The molecule has 5 heteroatoms. The topological polar surface area (TPSA) is 64.9 Å². The summed E-state index contributed by atoms with van der Waals surface area (Å²) in [6.45, 7) is 2.01. The molecule has 0 saturated carbocycles. The van der Waals surface area contributed by atoms with E-state index in [9.17, 15) is 0 Å². The fraction of sp³-hybridized carbons (Fsp3) is 0.0667. The van der Waals surface area contributed by atoms with Gasteiger partial charge >= 0.3 is 0 Å². The number of nitrogen functional groups attached to an aromatic ring is 1. The normalized spacial score (nSPS) is 10.7. The van der Waals surface area contributed by atoms with Crippen molar-refractivity contribution in [2.45, 2.75) is 6.92 Å². The van der Waals surface area contributed by atoms with Crippen molar-refractivity contribution in [1.29, 1.82) is 0 Å². The zero-order valence-electron chi connectivity index (χ0n) is 10.8. The van der Waals surface area contributed by atoms with Gasteiger partial charge in [0, 0.05) is 15.7 Å². The van der Waals surface area contributed by atoms with Crippen LogP contribution in [0, 0.1) is 6.92 Å². The van der Waals surface area contributed by atoms with E-state index in [0.29, 0.717) is 17.4 Å². The minimum atomic E-state index is 0.471. The number of nitrogens with two attached hydrogens (primary N) is 1. The van der Waals surface area contributed by atoms with E-state index < -0.39 is 0 Å². The van der Waals surface area contributed by atoms with Gasteiger partial charge in [0.05, 0.1) is 5.56 Å². The summed E-state index contributed by atoms with van der Waals surface area (Å²) < 4.78 is 6.30. The van der Waals surface area contributed by atoms with Gasteiger partial charge in [-0.15, -0.1) is 0 Å². The van der Waals surface area contributed by atoms with Crippen LogP contribution in [0.15, 0.2) is 51.5 Å². The molecule has 0 atom stereocenters. The van der Waals surface area contributed by atoms with Crippen LogP contribution >= 0.6 is 15.9 Å². The summed E-state index contributed by atoms with van der Waals surface area (Å²) in [4.78, 5) is 4.43. The molecule has 0 aliphatic carbocycles. The maximum atomic E-state index is 5.92. The number of benzene rings is 2. The van der Waals surface area contributed by atoms with E-state index in [0.717, 1.165) is 21.2 Å². The van der Waals surface area contributed by atoms with Crippen molar-refractivity contribution in [1.82, 2.24) is 10.1 Å². The molecule has 4 nitrogen and oxygen atoms in total. The molecule has 1 heterocycles. The minimum absolute atomic E-state index is 0.471. The van der Waals surface area contributed by atoms with Crippen LogP contribution in [0.3, 0.4) is 0 Å². The maximum absolute atomic E-state index is 5.92. The molecule has 20 heavy (non-hydrogen) atoms. The third kappa shape index (κ3) is 2.20. The lowest BCUT2D eigenvalue weighted by Gasteiger charge is -2.01. The van der Waals surface area contributed by atoms with Crippen molar-refractivity contribution in [3.63, 3.8) is 0 Å². The minimum Gasteiger partial charge on any atom is -0.398 e. The van der Waals surface area contributed by atoms with Gasteiger partial charge in [0.1, 0.15) is 0 Å². The summed E-state index contributed by atoms with van der Waals surface area (Å²) >= 11 is 3.54. The van der Waals surface area contributed by atoms with Crippen molar-refractivity contribution < 1.29 is 4.52 Å². The second-order valence-electron chi connectivity index (χ2n) is 4.45. The Morgan fingerprint density at radius 3 is 2.60 bits per heavy atom. The molecular weight excluding hydrogens is 318 g/mol. The van der Waals surface area contributed by atoms with E-state index in [1.54, 1.807) is 0 Å². The molecule has 0 aliphatic rings. The van der Waals surface area contributed by atoms with E-state index in [4.69, 9.17) is 10.3 Å². The summed E-state index contributed by atoms with van der Waals surface area (Å²) in [6.07, 6.45) is 0. The fourth-order valence-corrected chi connectivity index (χ4v) is 2.39. The van der Waals surface area contributed by atoms with Gasteiger partial charge in [-0.1, -0.05) is 29.4 Å². The van der Waals surface area contributed by atoms with Crippen LogP contribution in [-0.4, -0.2) is 10.1 Å². The highest BCUT2D eigenvalue weighted by Gasteiger charge is 2.15. The molecule has 0 bridgehead atoms. The first kappa shape index (κ1) is 12.9. The van der Waals surface area contributed by atoms with Crippen LogP contribution in [0.1, 0.15) is 5.56 Å². The van der Waals surface area contributed by atoms with Gasteiger partial charge in [-0.05, 0) is 46.6 Å². The fourth-order valence-electron chi connectivity index (χ4n) is 1.96. The standard InChI is InChI=1S/C15H12BrN3O/c1-9-5-4-7-11(13(9)16)15-18-14(19-20-15)10-6-2-3-8-12(10)17/h2-8H,17H2,1H3. The number of hydrogen-bond donors (Lipinski definition) is 1. The monoisotopic (exact) mass is 329 g/mol. The lowest BCUT2D eigenvalue weighted by Crippen LogP contribution is -1.90. The summed E-state index contributed by atoms with van der Waals surface area (Å²) in [5, 5.41) is 4.01. The number of halogens is 1. The number of rotatable bonds is 2. The molecule has 0 unspecified atom stereocenters. The van der Waals surface area contributed by atoms with Gasteiger partial charge < -0.3 is 10.3 Å². The highest BCUT2D eigenvalue weighted by atomic mass is 79.9. The van der Waals surface area contributed by atoms with Gasteiger partial charge in [0.2, 0.25) is 5.82 Å². The molecule has 100 valence electrons. The van der Waals surface area contributed by atoms with Gasteiger partial charge in [-0.25, -0.2) is 0 Å². The molecule has 2 aromatic carbocycles. The first-order chi connectivity index (χ1) is 9.66. The predicted octanol–water partition coefficient (Wildman–Crippen LogP) is 4.06. The average molecular weight is 330 g/mol. The number of aryl methyl sites for hydroxylation is 1. The quantitative estimate of drug-likeness (QED) is 0.720. The third-order valence-electron chi connectivity index (χ3n) is 3.05. The second kappa shape index (κ2) is 5.09. The van der Waals surface area contributed by atoms with E-state index in [1.165, 1.54) is 0 Å². The summed E-state index contributed by atoms with van der Waals surface area (Å²) in [7, 11) is 0. The molecule has 0 fully saturated rings. The van der Waals surface area contributed by atoms with E-state index in [1.807, 2.05) is 49.4 Å². The van der Waals surface area contributed by atoms with E-state index in [2.05, 4.69) is 26.1 Å². The molecule has 0 radical (unpaired) electrons. The summed E-state index contributed by atoms with van der Waals surface area (Å²) in [6, 6.07) is 13.4. The van der Waals surface area contributed by atoms with Crippen LogP contribution in [0.2, 0.25) is 0 Å². The molecule has 0 amide bonds. The molecule has 0 saturated heterocycles. The molecule has 0 aliphatic heterocycles. The van der Waals surface area contributed by atoms with Crippen LogP contribution in [-0.2, 0) is 0 Å². The van der Waals surface area contributed by atoms with Crippen molar-refractivity contribution >= 4 is 21.6 Å². The number of aromatic nitrogens is 2. The Labute approximate surface area is 124 Å². The lowest BCUT2D eigenvalue weighted by molar-refractivity contribution is 0.432. The Balaban J connectivity index is 2.07. The van der Waals surface area contributed by atoms with Crippen molar-refractivity contribution in [3.8, 4) is 22.8 Å². The smallest absolute Gasteiger partial charge is 0.259 e. The molecular formula is C15H12BrN3O. The van der Waals surface area contributed by atoms with Gasteiger partial charge in [-0.3, -0.25) is 0 Å². The highest BCUT2D eigenvalue weighted by Crippen LogP contribution is 2.31. The van der Waals surface area contributed by atoms with Crippen LogP contribution in [0.4, 0.5) is 5.69 Å². The molecule has 2 N–H and O–H groups in total. The van der Waals surface area contributed by atoms with Gasteiger partial charge in [-0.2, -0.15) is 4.98 Å². The van der Waals surface area contributed by atoms with Crippen LogP contribution < -0.4 is 5.73 Å². The Bertz CT molecular complexity index is 767. The Morgan fingerprint density at radius 1 is 1.05 bits per heavy atom. The summed E-state index contributed by atoms with van der Waals surface area (Å²) in [5.41, 5.74) is 9.31. The van der Waals surface area contributed by atoms with Crippen molar-refractivity contribution in [3.05, 3.63) is 52.5 Å². The third-order valence-corrected chi connectivity index (χ3v) is 4.10. The Hall–Kier alpha value is -2.14. The van der Waals surface area contributed by atoms with Crippen LogP contribution in [0.25, 0.3) is 22.8 Å². The second-order valence-corrected chi connectivity index (χ2v) is 5.24. The highest BCUT2D eigenvalue weighted by molar-refractivity contribution is 9.10. The maximum Gasteiger partial charge on any atom is 0.259 e. The number of anilines is 1. The zero-order chi connectivity index (χ0) is 14.1. The predicted molar refractivity (Wildman–Crippen MR) is 82.0 cm³/mol. The lowest BCUT2D eigenvalue weighted by atomic mass is 10.1. The largest absolute Gasteiger partial charge is 0.398 e. The number of para-hydroxylation sites is 1. The number of hydrogen-bond acceptors (Lipinski definition) is 4. The van der Waals surface area contributed by atoms with Crippen LogP contribution in [0.5, 0.6) is 0 Å². The first-order valence-corrected chi connectivity index (χ1v) is 6.90. The Kier molecular flexibility index (Phi) is 3.28. The molecule has 3 rings (SSSR count). The van der Waals surface area contributed by atoms with Gasteiger partial charge in [0.25, 0.3) is 5.89 Å². The molecule has 1 aromatic heterocycles. The first-order valence-electron chi connectivity index (χ1n) is 6.11. The summed E-state index contributed by atoms with van der Waals surface area (Å²) in [5.74, 6) is 0.963. The average Bonchev–Trinajstić information content (AvgIpc) is 2.92. The Morgan fingerprint density at radius 2 is 1.80 bits per heavy atom. The number of nitrogens with zero attached hydrogens (tertiary/aromatic N) is 2. The van der Waals surface area contributed by atoms with E-state index in [-0.39, 0.29) is 0 Å².